The van der Waals surface area contributed by atoms with E-state index in [4.69, 9.17) is 0 Å². The van der Waals surface area contributed by atoms with Crippen LogP contribution in [0, 0.1) is 6.92 Å². The molecule has 1 aliphatic rings. The van der Waals surface area contributed by atoms with Crippen LogP contribution in [0.5, 0.6) is 0 Å². The standard InChI is InChI=1S/C12H18N2S/c1-9-5-6-11(8-13-9)14-12-4-3-7-15-10(12)2/h5-6,8,10,12,14H,3-4,7H2,1-2H3. The van der Waals surface area contributed by atoms with Crippen LogP contribution in [-0.4, -0.2) is 22.0 Å². The van der Waals surface area contributed by atoms with Gasteiger partial charge >= 0.3 is 0 Å². The molecule has 1 aliphatic heterocycles. The molecule has 2 atom stereocenters. The van der Waals surface area contributed by atoms with E-state index in [1.807, 2.05) is 13.1 Å². The zero-order valence-corrected chi connectivity index (χ0v) is 10.2. The van der Waals surface area contributed by atoms with Gasteiger partial charge in [0.25, 0.3) is 0 Å². The first-order valence-electron chi connectivity index (χ1n) is 5.56. The number of hydrogen-bond acceptors (Lipinski definition) is 3. The van der Waals surface area contributed by atoms with E-state index in [2.05, 4.69) is 41.1 Å². The molecular weight excluding hydrogens is 204 g/mol. The second-order valence-electron chi connectivity index (χ2n) is 4.16. The van der Waals surface area contributed by atoms with Crippen LogP contribution in [0.15, 0.2) is 18.3 Å². The third-order valence-corrected chi connectivity index (χ3v) is 4.25. The van der Waals surface area contributed by atoms with Gasteiger partial charge < -0.3 is 5.32 Å². The van der Waals surface area contributed by atoms with E-state index >= 15 is 0 Å². The van der Waals surface area contributed by atoms with E-state index in [9.17, 15) is 0 Å². The summed E-state index contributed by atoms with van der Waals surface area (Å²) in [6.45, 7) is 4.33. The Morgan fingerprint density at radius 3 is 3.00 bits per heavy atom. The Labute approximate surface area is 95.9 Å². The molecule has 0 spiro atoms. The molecule has 0 bridgehead atoms. The highest BCUT2D eigenvalue weighted by molar-refractivity contribution is 8.00. The molecule has 2 nitrogen and oxygen atoms in total. The zero-order chi connectivity index (χ0) is 10.7. The highest BCUT2D eigenvalue weighted by atomic mass is 32.2. The Morgan fingerprint density at radius 1 is 1.47 bits per heavy atom. The molecule has 1 saturated heterocycles. The molecule has 3 heteroatoms. The van der Waals surface area contributed by atoms with Crippen molar-refractivity contribution in [2.45, 2.75) is 38.0 Å². The van der Waals surface area contributed by atoms with E-state index in [1.165, 1.54) is 18.6 Å². The maximum Gasteiger partial charge on any atom is 0.0529 e. The summed E-state index contributed by atoms with van der Waals surface area (Å²) in [6.07, 6.45) is 4.54. The lowest BCUT2D eigenvalue weighted by molar-refractivity contribution is 0.617. The van der Waals surface area contributed by atoms with E-state index in [1.54, 1.807) is 0 Å². The molecule has 2 heterocycles. The van der Waals surface area contributed by atoms with Crippen molar-refractivity contribution < 1.29 is 0 Å². The molecule has 0 saturated carbocycles. The Hall–Kier alpha value is -0.700. The minimum absolute atomic E-state index is 0.605. The summed E-state index contributed by atoms with van der Waals surface area (Å²) >= 11 is 2.07. The number of hydrogen-bond donors (Lipinski definition) is 1. The minimum atomic E-state index is 0.605. The first-order chi connectivity index (χ1) is 7.25. The van der Waals surface area contributed by atoms with E-state index in [0.717, 1.165) is 11.4 Å². The largest absolute Gasteiger partial charge is 0.380 e. The van der Waals surface area contributed by atoms with Gasteiger partial charge in [-0.25, -0.2) is 0 Å². The molecule has 82 valence electrons. The number of nitrogens with zero attached hydrogens (tertiary/aromatic N) is 1. The smallest absolute Gasteiger partial charge is 0.0529 e. The van der Waals surface area contributed by atoms with Crippen molar-refractivity contribution in [3.8, 4) is 0 Å². The van der Waals surface area contributed by atoms with Gasteiger partial charge in [0.1, 0.15) is 0 Å². The van der Waals surface area contributed by atoms with Crippen LogP contribution in [0.1, 0.15) is 25.5 Å². The lowest BCUT2D eigenvalue weighted by Gasteiger charge is -2.29. The molecule has 1 fully saturated rings. The fraction of sp³-hybridized carbons (Fsp3) is 0.583. The van der Waals surface area contributed by atoms with Crippen LogP contribution in [0.25, 0.3) is 0 Å². The summed E-state index contributed by atoms with van der Waals surface area (Å²) in [7, 11) is 0. The second kappa shape index (κ2) is 4.88. The van der Waals surface area contributed by atoms with E-state index in [0.29, 0.717) is 11.3 Å². The van der Waals surface area contributed by atoms with Crippen molar-refractivity contribution >= 4 is 17.4 Å². The Balaban J connectivity index is 1.98. The van der Waals surface area contributed by atoms with Gasteiger partial charge in [-0.15, -0.1) is 0 Å². The normalized spacial score (nSPS) is 26.3. The summed E-state index contributed by atoms with van der Waals surface area (Å²) in [5.74, 6) is 1.31. The molecule has 1 aromatic heterocycles. The summed E-state index contributed by atoms with van der Waals surface area (Å²) < 4.78 is 0. The molecular formula is C12H18N2S. The molecule has 1 N–H and O–H groups in total. The summed E-state index contributed by atoms with van der Waals surface area (Å²) in [5.41, 5.74) is 2.23. The van der Waals surface area contributed by atoms with Gasteiger partial charge in [0.05, 0.1) is 11.9 Å². The maximum absolute atomic E-state index is 4.30. The average Bonchev–Trinajstić information content (AvgIpc) is 2.25. The zero-order valence-electron chi connectivity index (χ0n) is 9.36. The van der Waals surface area contributed by atoms with Crippen molar-refractivity contribution in [1.82, 2.24) is 4.98 Å². The molecule has 2 rings (SSSR count). The SMILES string of the molecule is Cc1ccc(NC2CCCSC2C)cn1. The van der Waals surface area contributed by atoms with Gasteiger partial charge in [0, 0.05) is 17.0 Å². The average molecular weight is 222 g/mol. The van der Waals surface area contributed by atoms with E-state index in [-0.39, 0.29) is 0 Å². The van der Waals surface area contributed by atoms with Crippen LogP contribution in [-0.2, 0) is 0 Å². The first kappa shape index (κ1) is 10.8. The molecule has 0 radical (unpaired) electrons. The molecule has 0 amide bonds. The fourth-order valence-corrected chi connectivity index (χ4v) is 3.02. The predicted molar refractivity (Wildman–Crippen MR) is 67.5 cm³/mol. The van der Waals surface area contributed by atoms with Crippen molar-refractivity contribution in [3.63, 3.8) is 0 Å². The van der Waals surface area contributed by atoms with Gasteiger partial charge in [-0.05, 0) is 37.7 Å². The number of nitrogens with one attached hydrogen (secondary N) is 1. The quantitative estimate of drug-likeness (QED) is 0.832. The summed E-state index contributed by atoms with van der Waals surface area (Å²) in [6, 6.07) is 4.78. The second-order valence-corrected chi connectivity index (χ2v) is 5.64. The lowest BCUT2D eigenvalue weighted by atomic mass is 10.1. The fourth-order valence-electron chi connectivity index (χ4n) is 1.88. The predicted octanol–water partition coefficient (Wildman–Crippen LogP) is 3.09. The van der Waals surface area contributed by atoms with Gasteiger partial charge in [-0.3, -0.25) is 4.98 Å². The lowest BCUT2D eigenvalue weighted by Crippen LogP contribution is -2.32. The summed E-state index contributed by atoms with van der Waals surface area (Å²) in [5, 5.41) is 4.28. The maximum atomic E-state index is 4.30. The Bertz CT molecular complexity index is 310. The molecule has 15 heavy (non-hydrogen) atoms. The molecule has 0 aromatic carbocycles. The third kappa shape index (κ3) is 2.88. The third-order valence-electron chi connectivity index (χ3n) is 2.87. The van der Waals surface area contributed by atoms with Crippen LogP contribution in [0.2, 0.25) is 0 Å². The van der Waals surface area contributed by atoms with E-state index < -0.39 is 0 Å². The van der Waals surface area contributed by atoms with Gasteiger partial charge in [0.2, 0.25) is 0 Å². The van der Waals surface area contributed by atoms with Crippen LogP contribution < -0.4 is 5.32 Å². The van der Waals surface area contributed by atoms with Crippen molar-refractivity contribution in [2.24, 2.45) is 0 Å². The van der Waals surface area contributed by atoms with Gasteiger partial charge in [-0.2, -0.15) is 11.8 Å². The highest BCUT2D eigenvalue weighted by Crippen LogP contribution is 2.27. The number of aryl methyl sites for hydroxylation is 1. The first-order valence-corrected chi connectivity index (χ1v) is 6.61. The number of rotatable bonds is 2. The molecule has 1 aromatic rings. The Morgan fingerprint density at radius 2 is 2.33 bits per heavy atom. The monoisotopic (exact) mass is 222 g/mol. The minimum Gasteiger partial charge on any atom is -0.380 e. The van der Waals surface area contributed by atoms with Gasteiger partial charge in [0.15, 0.2) is 0 Å². The van der Waals surface area contributed by atoms with Crippen LogP contribution in [0.3, 0.4) is 0 Å². The van der Waals surface area contributed by atoms with Crippen LogP contribution in [0.4, 0.5) is 5.69 Å². The number of anilines is 1. The van der Waals surface area contributed by atoms with Crippen molar-refractivity contribution in [1.29, 1.82) is 0 Å². The Kier molecular flexibility index (Phi) is 3.52. The highest BCUT2D eigenvalue weighted by Gasteiger charge is 2.21. The molecule has 2 unspecified atom stereocenters. The number of aromatic nitrogens is 1. The summed E-state index contributed by atoms with van der Waals surface area (Å²) in [4.78, 5) is 4.30. The number of pyridine rings is 1. The number of thioether (sulfide) groups is 1. The van der Waals surface area contributed by atoms with Crippen molar-refractivity contribution in [2.75, 3.05) is 11.1 Å². The van der Waals surface area contributed by atoms with Crippen molar-refractivity contribution in [3.05, 3.63) is 24.0 Å². The molecule has 0 aliphatic carbocycles. The topological polar surface area (TPSA) is 24.9 Å². The van der Waals surface area contributed by atoms with Gasteiger partial charge in [-0.1, -0.05) is 6.92 Å². The van der Waals surface area contributed by atoms with Crippen LogP contribution >= 0.6 is 11.8 Å².